The number of amides is 1. The van der Waals surface area contributed by atoms with Gasteiger partial charge >= 0.3 is 0 Å². The molecule has 1 heterocycles. The van der Waals surface area contributed by atoms with Gasteiger partial charge in [0, 0.05) is 10.8 Å². The number of nitrogens with one attached hydrogen (secondary N) is 1. The minimum Gasteiger partial charge on any atom is -0.310 e. The summed E-state index contributed by atoms with van der Waals surface area (Å²) in [4.78, 5) is 18.2. The van der Waals surface area contributed by atoms with Crippen LogP contribution < -0.4 is 5.32 Å². The molecule has 1 saturated carbocycles. The van der Waals surface area contributed by atoms with Crippen molar-refractivity contribution in [1.82, 2.24) is 4.98 Å². The van der Waals surface area contributed by atoms with Gasteiger partial charge in [-0.1, -0.05) is 0 Å². The maximum Gasteiger partial charge on any atom is 0.228 e. The molecule has 7 heteroatoms. The fraction of sp³-hybridized carbons (Fsp3) is 0.364. The second kappa shape index (κ2) is 4.73. The van der Waals surface area contributed by atoms with Gasteiger partial charge in [0.05, 0.1) is 5.56 Å². The molecule has 2 rings (SSSR count). The van der Waals surface area contributed by atoms with Gasteiger partial charge in [0.15, 0.2) is 0 Å². The van der Waals surface area contributed by atoms with E-state index in [9.17, 15) is 4.79 Å². The van der Waals surface area contributed by atoms with E-state index in [1.807, 2.05) is 6.07 Å². The topological polar surface area (TPSA) is 115 Å². The highest BCUT2D eigenvalue weighted by Gasteiger charge is 2.29. The first-order valence-corrected chi connectivity index (χ1v) is 5.43. The van der Waals surface area contributed by atoms with E-state index in [-0.39, 0.29) is 23.2 Å². The lowest BCUT2D eigenvalue weighted by molar-refractivity contribution is -0.117. The maximum atomic E-state index is 11.6. The van der Waals surface area contributed by atoms with E-state index >= 15 is 0 Å². The second-order valence-electron chi connectivity index (χ2n) is 4.09. The van der Waals surface area contributed by atoms with Crippen LogP contribution >= 0.6 is 0 Å². The van der Waals surface area contributed by atoms with Crippen LogP contribution in [-0.4, -0.2) is 10.9 Å². The Morgan fingerprint density at radius 2 is 2.44 bits per heavy atom. The second-order valence-corrected chi connectivity index (χ2v) is 4.09. The molecule has 1 aromatic heterocycles. The van der Waals surface area contributed by atoms with Crippen LogP contribution in [0.25, 0.3) is 10.4 Å². The van der Waals surface area contributed by atoms with Crippen molar-refractivity contribution in [1.29, 1.82) is 5.26 Å². The van der Waals surface area contributed by atoms with Gasteiger partial charge in [0.1, 0.15) is 17.7 Å². The number of carbonyl (C=O) groups excluding carboxylic acids is 1. The lowest BCUT2D eigenvalue weighted by Gasteiger charge is -2.07. The van der Waals surface area contributed by atoms with Crippen LogP contribution in [0.3, 0.4) is 0 Å². The standard InChI is InChI=1S/C11H10N6O/c1-6-4-9(15-11(18)7-2-3-7)14-10(16-17-13)8(6)5-12/h4,7H,2-3H2,1H3,(H,14,15,18). The largest absolute Gasteiger partial charge is 0.310 e. The molecule has 1 N–H and O–H groups in total. The summed E-state index contributed by atoms with van der Waals surface area (Å²) in [5.41, 5.74) is 9.25. The van der Waals surface area contributed by atoms with E-state index in [0.29, 0.717) is 11.4 Å². The van der Waals surface area contributed by atoms with Crippen molar-refractivity contribution in [2.45, 2.75) is 19.8 Å². The highest BCUT2D eigenvalue weighted by Crippen LogP contribution is 2.30. The molecule has 1 aromatic rings. The first kappa shape index (κ1) is 11.9. The van der Waals surface area contributed by atoms with E-state index in [1.54, 1.807) is 13.0 Å². The van der Waals surface area contributed by atoms with E-state index in [0.717, 1.165) is 12.8 Å². The Morgan fingerprint density at radius 3 is 3.00 bits per heavy atom. The highest BCUT2D eigenvalue weighted by molar-refractivity contribution is 5.93. The zero-order valence-corrected chi connectivity index (χ0v) is 9.71. The van der Waals surface area contributed by atoms with Gasteiger partial charge in [-0.3, -0.25) is 4.79 Å². The Morgan fingerprint density at radius 1 is 1.72 bits per heavy atom. The van der Waals surface area contributed by atoms with Crippen molar-refractivity contribution in [2.24, 2.45) is 11.0 Å². The number of rotatable bonds is 3. The third-order valence-corrected chi connectivity index (χ3v) is 2.65. The quantitative estimate of drug-likeness (QED) is 0.498. The Hall–Kier alpha value is -2.58. The average molecular weight is 242 g/mol. The number of aryl methyl sites for hydroxylation is 1. The van der Waals surface area contributed by atoms with Gasteiger partial charge in [-0.15, -0.1) is 0 Å². The predicted molar refractivity (Wildman–Crippen MR) is 63.8 cm³/mol. The van der Waals surface area contributed by atoms with E-state index in [4.69, 9.17) is 10.8 Å². The van der Waals surface area contributed by atoms with Crippen LogP contribution in [0.2, 0.25) is 0 Å². The normalized spacial score (nSPS) is 13.3. The Kier molecular flexibility index (Phi) is 3.13. The average Bonchev–Trinajstić information content (AvgIpc) is 3.13. The number of hydrogen-bond donors (Lipinski definition) is 1. The summed E-state index contributed by atoms with van der Waals surface area (Å²) >= 11 is 0. The third kappa shape index (κ3) is 2.39. The van der Waals surface area contributed by atoms with Gasteiger partial charge in [-0.25, -0.2) is 4.98 Å². The Balaban J connectivity index is 2.34. The minimum atomic E-state index is -0.0847. The molecular formula is C11H10N6O. The van der Waals surface area contributed by atoms with Crippen molar-refractivity contribution in [3.05, 3.63) is 27.6 Å². The van der Waals surface area contributed by atoms with Gasteiger partial charge < -0.3 is 5.32 Å². The molecular weight excluding hydrogens is 232 g/mol. The molecule has 1 fully saturated rings. The summed E-state index contributed by atoms with van der Waals surface area (Å²) in [5, 5.41) is 15.0. The Labute approximate surface area is 103 Å². The first-order valence-electron chi connectivity index (χ1n) is 5.43. The summed E-state index contributed by atoms with van der Waals surface area (Å²) in [6, 6.07) is 3.52. The SMILES string of the molecule is Cc1cc(NC(=O)C2CC2)nc(N=[N+]=[N-])c1C#N. The molecule has 0 spiro atoms. The molecule has 0 bridgehead atoms. The van der Waals surface area contributed by atoms with Crippen molar-refractivity contribution in [3.63, 3.8) is 0 Å². The highest BCUT2D eigenvalue weighted by atomic mass is 16.2. The Bertz CT molecular complexity index is 592. The number of pyridine rings is 1. The fourth-order valence-corrected chi connectivity index (χ4v) is 1.55. The first-order chi connectivity index (χ1) is 8.65. The van der Waals surface area contributed by atoms with Crippen LogP contribution in [-0.2, 0) is 4.79 Å². The lowest BCUT2D eigenvalue weighted by atomic mass is 10.1. The third-order valence-electron chi connectivity index (χ3n) is 2.65. The number of carbonyl (C=O) groups is 1. The lowest BCUT2D eigenvalue weighted by Crippen LogP contribution is -2.14. The number of nitriles is 1. The van der Waals surface area contributed by atoms with Gasteiger partial charge in [0.2, 0.25) is 5.91 Å². The molecule has 7 nitrogen and oxygen atoms in total. The van der Waals surface area contributed by atoms with E-state index < -0.39 is 0 Å². The molecule has 1 aliphatic rings. The number of anilines is 1. The maximum absolute atomic E-state index is 11.6. The molecule has 1 amide bonds. The van der Waals surface area contributed by atoms with Crippen LogP contribution in [0.4, 0.5) is 11.6 Å². The van der Waals surface area contributed by atoms with Gasteiger partial charge in [-0.05, 0) is 42.0 Å². The van der Waals surface area contributed by atoms with Crippen molar-refractivity contribution < 1.29 is 4.79 Å². The van der Waals surface area contributed by atoms with Gasteiger partial charge in [0.25, 0.3) is 0 Å². The van der Waals surface area contributed by atoms with Crippen molar-refractivity contribution >= 4 is 17.5 Å². The molecule has 0 radical (unpaired) electrons. The zero-order chi connectivity index (χ0) is 13.1. The van der Waals surface area contributed by atoms with Crippen molar-refractivity contribution in [2.75, 3.05) is 5.32 Å². The molecule has 0 aliphatic heterocycles. The van der Waals surface area contributed by atoms with E-state index in [1.165, 1.54) is 0 Å². The fourth-order valence-electron chi connectivity index (χ4n) is 1.55. The van der Waals surface area contributed by atoms with Crippen LogP contribution in [0, 0.1) is 24.2 Å². The van der Waals surface area contributed by atoms with Gasteiger partial charge in [-0.2, -0.15) is 5.26 Å². The van der Waals surface area contributed by atoms with Crippen LogP contribution in [0.5, 0.6) is 0 Å². The zero-order valence-electron chi connectivity index (χ0n) is 9.71. The number of hydrogen-bond acceptors (Lipinski definition) is 4. The smallest absolute Gasteiger partial charge is 0.228 e. The molecule has 0 aromatic carbocycles. The molecule has 0 unspecified atom stereocenters. The molecule has 18 heavy (non-hydrogen) atoms. The van der Waals surface area contributed by atoms with Crippen LogP contribution in [0.15, 0.2) is 11.2 Å². The summed E-state index contributed by atoms with van der Waals surface area (Å²) < 4.78 is 0. The molecule has 90 valence electrons. The molecule has 1 aliphatic carbocycles. The molecule has 0 saturated heterocycles. The van der Waals surface area contributed by atoms with Crippen molar-refractivity contribution in [3.8, 4) is 6.07 Å². The summed E-state index contributed by atoms with van der Waals surface area (Å²) in [5.74, 6) is 0.279. The van der Waals surface area contributed by atoms with E-state index in [2.05, 4.69) is 20.3 Å². The summed E-state index contributed by atoms with van der Waals surface area (Å²) in [7, 11) is 0. The monoisotopic (exact) mass is 242 g/mol. The summed E-state index contributed by atoms with van der Waals surface area (Å²) in [6.45, 7) is 1.70. The number of nitrogens with zero attached hydrogens (tertiary/aromatic N) is 5. The summed E-state index contributed by atoms with van der Waals surface area (Å²) in [6.07, 6.45) is 1.79. The molecule has 0 atom stereocenters. The number of aromatic nitrogens is 1. The predicted octanol–water partition coefficient (Wildman–Crippen LogP) is 2.55. The van der Waals surface area contributed by atoms with Crippen LogP contribution in [0.1, 0.15) is 24.0 Å². The minimum absolute atomic E-state index is 0.00824. The number of azide groups is 1.